The highest BCUT2D eigenvalue weighted by Gasteiger charge is 2.30. The van der Waals surface area contributed by atoms with E-state index in [1.165, 1.54) is 18.3 Å². The van der Waals surface area contributed by atoms with Crippen molar-refractivity contribution in [1.29, 1.82) is 0 Å². The van der Waals surface area contributed by atoms with Gasteiger partial charge in [0.2, 0.25) is 0 Å². The monoisotopic (exact) mass is 401 g/mol. The summed E-state index contributed by atoms with van der Waals surface area (Å²) < 4.78 is 45.3. The Morgan fingerprint density at radius 1 is 1.37 bits per heavy atom. The van der Waals surface area contributed by atoms with E-state index in [0.29, 0.717) is 18.8 Å². The Morgan fingerprint density at radius 2 is 2.15 bits per heavy atom. The third-order valence-corrected chi connectivity index (χ3v) is 4.84. The molecule has 2 aromatic rings. The van der Waals surface area contributed by atoms with Gasteiger partial charge in [0.05, 0.1) is 29.2 Å². The average Bonchev–Trinajstić information content (AvgIpc) is 2.64. The molecule has 1 saturated heterocycles. The Balaban J connectivity index is 1.88. The van der Waals surface area contributed by atoms with E-state index in [9.17, 15) is 18.0 Å². The molecule has 0 aliphatic carbocycles. The highest BCUT2D eigenvalue weighted by atomic mass is 35.5. The zero-order valence-electron chi connectivity index (χ0n) is 14.7. The van der Waals surface area contributed by atoms with Crippen LogP contribution in [0.3, 0.4) is 0 Å². The lowest BCUT2D eigenvalue weighted by molar-refractivity contribution is -0.137. The van der Waals surface area contributed by atoms with Crippen LogP contribution in [0.15, 0.2) is 35.3 Å². The number of rotatable bonds is 4. The summed E-state index contributed by atoms with van der Waals surface area (Å²) in [7, 11) is 1.77. The third kappa shape index (κ3) is 4.44. The molecule has 1 atom stereocenters. The van der Waals surface area contributed by atoms with E-state index >= 15 is 0 Å². The van der Waals surface area contributed by atoms with Crippen molar-refractivity contribution in [3.8, 4) is 5.69 Å². The maximum Gasteiger partial charge on any atom is 0.416 e. The molecule has 1 aliphatic heterocycles. The van der Waals surface area contributed by atoms with Crippen molar-refractivity contribution >= 4 is 17.3 Å². The van der Waals surface area contributed by atoms with Gasteiger partial charge in [-0.25, -0.2) is 0 Å². The Hall–Kier alpha value is -2.06. The van der Waals surface area contributed by atoms with E-state index in [0.717, 1.165) is 36.1 Å². The van der Waals surface area contributed by atoms with Gasteiger partial charge in [0, 0.05) is 20.2 Å². The predicted octanol–water partition coefficient (Wildman–Crippen LogP) is 3.91. The van der Waals surface area contributed by atoms with Gasteiger partial charge in [-0.05, 0) is 37.5 Å². The quantitative estimate of drug-likeness (QED) is 0.779. The minimum Gasteiger partial charge on any atom is -0.376 e. The summed E-state index contributed by atoms with van der Waals surface area (Å²) in [6, 6.07) is 4.40. The first-order chi connectivity index (χ1) is 12.8. The van der Waals surface area contributed by atoms with Crippen LogP contribution in [0.5, 0.6) is 0 Å². The first kappa shape index (κ1) is 19.7. The van der Waals surface area contributed by atoms with Crippen LogP contribution in [0.25, 0.3) is 5.69 Å². The molecule has 5 nitrogen and oxygen atoms in total. The molecule has 2 heterocycles. The zero-order valence-corrected chi connectivity index (χ0v) is 15.4. The highest BCUT2D eigenvalue weighted by molar-refractivity contribution is 6.33. The molecule has 0 saturated carbocycles. The van der Waals surface area contributed by atoms with Crippen molar-refractivity contribution in [1.82, 2.24) is 9.78 Å². The Bertz CT molecular complexity index is 864. The summed E-state index contributed by atoms with van der Waals surface area (Å²) in [5.41, 5.74) is -1.12. The molecule has 1 aromatic carbocycles. The second-order valence-corrected chi connectivity index (χ2v) is 6.86. The summed E-state index contributed by atoms with van der Waals surface area (Å²) in [6.07, 6.45) is -0.0321. The summed E-state index contributed by atoms with van der Waals surface area (Å²) in [4.78, 5) is 14.4. The second-order valence-electron chi connectivity index (χ2n) is 6.48. The maximum absolute atomic E-state index is 12.9. The molecule has 0 radical (unpaired) electrons. The number of anilines is 1. The number of hydrogen-bond donors (Lipinski definition) is 0. The number of nitrogens with zero attached hydrogens (tertiary/aromatic N) is 3. The predicted molar refractivity (Wildman–Crippen MR) is 96.7 cm³/mol. The maximum atomic E-state index is 12.9. The van der Waals surface area contributed by atoms with Gasteiger partial charge in [0.25, 0.3) is 5.56 Å². The molecule has 0 spiro atoms. The van der Waals surface area contributed by atoms with Gasteiger partial charge in [-0.15, -0.1) is 0 Å². The third-order valence-electron chi connectivity index (χ3n) is 4.48. The van der Waals surface area contributed by atoms with Gasteiger partial charge in [-0.1, -0.05) is 17.7 Å². The van der Waals surface area contributed by atoms with Crippen LogP contribution < -0.4 is 10.5 Å². The summed E-state index contributed by atoms with van der Waals surface area (Å²) in [5.74, 6) is 0. The molecule has 1 unspecified atom stereocenters. The van der Waals surface area contributed by atoms with Gasteiger partial charge >= 0.3 is 6.18 Å². The summed E-state index contributed by atoms with van der Waals surface area (Å²) in [5, 5.41) is 3.92. The number of hydrogen-bond acceptors (Lipinski definition) is 4. The largest absolute Gasteiger partial charge is 0.416 e. The minimum absolute atomic E-state index is 0.00143. The van der Waals surface area contributed by atoms with Gasteiger partial charge in [-0.3, -0.25) is 4.79 Å². The standard InChI is InChI=1S/C18H19ClF3N3O2/c1-24(11-14-7-2-3-8-27-14)15-10-23-25(17(26)16(15)19)13-6-4-5-12(9-13)18(20,21)22/h4-6,9-10,14H,2-3,7-8,11H2,1H3. The van der Waals surface area contributed by atoms with Gasteiger partial charge < -0.3 is 9.64 Å². The molecule has 0 bridgehead atoms. The first-order valence-electron chi connectivity index (χ1n) is 8.55. The van der Waals surface area contributed by atoms with Crippen molar-refractivity contribution in [3.63, 3.8) is 0 Å². The van der Waals surface area contributed by atoms with E-state index in [1.54, 1.807) is 11.9 Å². The normalized spacial score (nSPS) is 17.7. The van der Waals surface area contributed by atoms with Crippen LogP contribution in [0.1, 0.15) is 24.8 Å². The van der Waals surface area contributed by atoms with Crippen LogP contribution in [-0.4, -0.2) is 36.1 Å². The Morgan fingerprint density at radius 3 is 2.81 bits per heavy atom. The van der Waals surface area contributed by atoms with Crippen molar-refractivity contribution in [2.24, 2.45) is 0 Å². The van der Waals surface area contributed by atoms with Crippen molar-refractivity contribution in [2.75, 3.05) is 25.1 Å². The number of alkyl halides is 3. The van der Waals surface area contributed by atoms with Crippen LogP contribution in [0, 0.1) is 0 Å². The van der Waals surface area contributed by atoms with Crippen molar-refractivity contribution in [2.45, 2.75) is 31.5 Å². The smallest absolute Gasteiger partial charge is 0.376 e. The van der Waals surface area contributed by atoms with Gasteiger partial charge in [0.15, 0.2) is 0 Å². The summed E-state index contributed by atoms with van der Waals surface area (Å²) in [6.45, 7) is 1.26. The zero-order chi connectivity index (χ0) is 19.6. The highest BCUT2D eigenvalue weighted by Crippen LogP contribution is 2.30. The topological polar surface area (TPSA) is 47.4 Å². The molecule has 27 heavy (non-hydrogen) atoms. The minimum atomic E-state index is -4.51. The number of halogens is 4. The molecule has 0 amide bonds. The molecule has 1 aromatic heterocycles. The number of benzene rings is 1. The van der Waals surface area contributed by atoms with Crippen LogP contribution in [0.4, 0.5) is 18.9 Å². The van der Waals surface area contributed by atoms with Crippen molar-refractivity contribution < 1.29 is 17.9 Å². The van der Waals surface area contributed by atoms with Crippen LogP contribution in [0.2, 0.25) is 5.02 Å². The lowest BCUT2D eigenvalue weighted by Crippen LogP contribution is -2.35. The molecular formula is C18H19ClF3N3O2. The van der Waals surface area contributed by atoms with E-state index < -0.39 is 17.3 Å². The number of ether oxygens (including phenoxy) is 1. The fraction of sp³-hybridized carbons (Fsp3) is 0.444. The molecule has 9 heteroatoms. The van der Waals surface area contributed by atoms with Gasteiger partial charge in [0.1, 0.15) is 5.02 Å². The van der Waals surface area contributed by atoms with E-state index in [2.05, 4.69) is 5.10 Å². The molecule has 1 fully saturated rings. The number of likely N-dealkylation sites (N-methyl/N-ethyl adjacent to an activating group) is 1. The average molecular weight is 402 g/mol. The van der Waals surface area contributed by atoms with E-state index in [-0.39, 0.29) is 16.8 Å². The fourth-order valence-electron chi connectivity index (χ4n) is 3.04. The number of aromatic nitrogens is 2. The van der Waals surface area contributed by atoms with Crippen LogP contribution in [-0.2, 0) is 10.9 Å². The second kappa shape index (κ2) is 7.90. The Kier molecular flexibility index (Phi) is 5.76. The van der Waals surface area contributed by atoms with Gasteiger partial charge in [-0.2, -0.15) is 23.0 Å². The van der Waals surface area contributed by atoms with Crippen molar-refractivity contribution in [3.05, 3.63) is 51.4 Å². The lowest BCUT2D eigenvalue weighted by atomic mass is 10.1. The SMILES string of the molecule is CN(CC1CCCCO1)c1cnn(-c2cccc(C(F)(F)F)c2)c(=O)c1Cl. The van der Waals surface area contributed by atoms with E-state index in [1.807, 2.05) is 0 Å². The molecular weight excluding hydrogens is 383 g/mol. The molecule has 146 valence electrons. The summed E-state index contributed by atoms with van der Waals surface area (Å²) >= 11 is 6.21. The van der Waals surface area contributed by atoms with Crippen LogP contribution >= 0.6 is 11.6 Å². The van der Waals surface area contributed by atoms with E-state index in [4.69, 9.17) is 16.3 Å². The molecule has 3 rings (SSSR count). The molecule has 0 N–H and O–H groups in total. The Labute approximate surface area is 159 Å². The first-order valence-corrected chi connectivity index (χ1v) is 8.93. The molecule has 1 aliphatic rings. The fourth-order valence-corrected chi connectivity index (χ4v) is 3.32. The lowest BCUT2D eigenvalue weighted by Gasteiger charge is -2.28.